The molecule has 0 atom stereocenters. The molecular weight excluding hydrogens is 442 g/mol. The van der Waals surface area contributed by atoms with Gasteiger partial charge in [-0.25, -0.2) is 14.8 Å². The van der Waals surface area contributed by atoms with Crippen molar-refractivity contribution in [1.29, 1.82) is 0 Å². The molecule has 0 radical (unpaired) electrons. The highest BCUT2D eigenvalue weighted by molar-refractivity contribution is 5.89. The average Bonchev–Trinajstić information content (AvgIpc) is 3.12. The average molecular weight is 476 g/mol. The smallest absolute Gasteiger partial charge is 0.321 e. The minimum absolute atomic E-state index is 0.103. The number of nitrogens with zero attached hydrogens (tertiary/aromatic N) is 4. The van der Waals surface area contributed by atoms with Crippen LogP contribution in [0.15, 0.2) is 48.5 Å². The number of nitrogens with one attached hydrogen (secondary N) is 1. The van der Waals surface area contributed by atoms with E-state index in [1.807, 2.05) is 55.1 Å². The normalized spacial score (nSPS) is 13.8. The molecule has 1 aliphatic rings. The minimum atomic E-state index is -0.103. The van der Waals surface area contributed by atoms with Crippen LogP contribution in [-0.4, -0.2) is 61.3 Å². The summed E-state index contributed by atoms with van der Waals surface area (Å²) in [5.74, 6) is 3.27. The molecule has 0 aliphatic carbocycles. The summed E-state index contributed by atoms with van der Waals surface area (Å²) >= 11 is 0. The zero-order chi connectivity index (χ0) is 24.8. The van der Waals surface area contributed by atoms with Gasteiger partial charge in [-0.05, 0) is 50.1 Å². The van der Waals surface area contributed by atoms with Gasteiger partial charge in [-0.2, -0.15) is 0 Å². The third kappa shape index (κ3) is 6.01. The van der Waals surface area contributed by atoms with Crippen molar-refractivity contribution in [2.45, 2.75) is 26.7 Å². The summed E-state index contributed by atoms with van der Waals surface area (Å²) in [4.78, 5) is 26.6. The quantitative estimate of drug-likeness (QED) is 0.568. The third-order valence-corrected chi connectivity index (χ3v) is 6.25. The fourth-order valence-corrected chi connectivity index (χ4v) is 4.37. The van der Waals surface area contributed by atoms with E-state index in [0.29, 0.717) is 25.4 Å². The van der Waals surface area contributed by atoms with Gasteiger partial charge in [-0.1, -0.05) is 18.2 Å². The summed E-state index contributed by atoms with van der Waals surface area (Å²) in [5.41, 5.74) is 4.01. The minimum Gasteiger partial charge on any atom is -0.497 e. The molecule has 0 saturated carbocycles. The molecule has 0 spiro atoms. The Bertz CT molecular complexity index is 1170. The van der Waals surface area contributed by atoms with Gasteiger partial charge in [0.15, 0.2) is 0 Å². The van der Waals surface area contributed by atoms with E-state index in [4.69, 9.17) is 14.5 Å². The number of methoxy groups -OCH3 is 2. The molecule has 1 N–H and O–H groups in total. The van der Waals surface area contributed by atoms with E-state index in [0.717, 1.165) is 53.7 Å². The van der Waals surface area contributed by atoms with E-state index in [-0.39, 0.29) is 6.03 Å². The van der Waals surface area contributed by atoms with Crippen molar-refractivity contribution < 1.29 is 14.3 Å². The lowest BCUT2D eigenvalue weighted by atomic mass is 10.0. The second kappa shape index (κ2) is 11.1. The number of hydrogen-bond acceptors (Lipinski definition) is 6. The molecule has 4 rings (SSSR count). The van der Waals surface area contributed by atoms with Crippen LogP contribution >= 0.6 is 0 Å². The molecule has 2 aromatic carbocycles. The Morgan fingerprint density at radius 3 is 2.46 bits per heavy atom. The van der Waals surface area contributed by atoms with Crippen LogP contribution in [0, 0.1) is 13.8 Å². The fraction of sp³-hybridized carbons (Fsp3) is 0.370. The first-order chi connectivity index (χ1) is 17.0. The summed E-state index contributed by atoms with van der Waals surface area (Å²) in [6.07, 6.45) is 1.59. The van der Waals surface area contributed by atoms with Gasteiger partial charge < -0.3 is 24.6 Å². The number of anilines is 2. The Labute approximate surface area is 206 Å². The molecule has 1 saturated heterocycles. The first-order valence-corrected chi connectivity index (χ1v) is 11.9. The van der Waals surface area contributed by atoms with Crippen LogP contribution in [0.5, 0.6) is 11.5 Å². The monoisotopic (exact) mass is 475 g/mol. The van der Waals surface area contributed by atoms with Crippen LogP contribution < -0.4 is 19.7 Å². The lowest BCUT2D eigenvalue weighted by Gasteiger charge is -2.26. The highest BCUT2D eigenvalue weighted by Crippen LogP contribution is 2.26. The molecule has 2 heterocycles. The zero-order valence-corrected chi connectivity index (χ0v) is 20.9. The van der Waals surface area contributed by atoms with Gasteiger partial charge in [0, 0.05) is 55.6 Å². The summed E-state index contributed by atoms with van der Waals surface area (Å²) in [6, 6.07) is 15.4. The standard InChI is InChI=1S/C27H33N5O3/c1-19-25(17-21-9-11-23(34-3)12-10-21)26(29-20(2)28-19)31-13-6-14-32(16-15-31)27(33)30-22-7-5-8-24(18-22)35-4/h5,7-12,18H,6,13-17H2,1-4H3,(H,30,33). The van der Waals surface area contributed by atoms with Crippen LogP contribution in [0.1, 0.15) is 29.1 Å². The van der Waals surface area contributed by atoms with Crippen LogP contribution in [0.2, 0.25) is 0 Å². The van der Waals surface area contributed by atoms with Crippen LogP contribution in [0.3, 0.4) is 0 Å². The molecule has 3 aromatic rings. The first kappa shape index (κ1) is 24.3. The van der Waals surface area contributed by atoms with Crippen LogP contribution in [0.4, 0.5) is 16.3 Å². The molecule has 1 aromatic heterocycles. The molecule has 0 bridgehead atoms. The van der Waals surface area contributed by atoms with Gasteiger partial charge in [0.05, 0.1) is 14.2 Å². The van der Waals surface area contributed by atoms with Gasteiger partial charge in [0.2, 0.25) is 0 Å². The lowest BCUT2D eigenvalue weighted by Crippen LogP contribution is -2.38. The maximum absolute atomic E-state index is 13.0. The van der Waals surface area contributed by atoms with Gasteiger partial charge >= 0.3 is 6.03 Å². The number of aryl methyl sites for hydroxylation is 2. The highest BCUT2D eigenvalue weighted by atomic mass is 16.5. The predicted octanol–water partition coefficient (Wildman–Crippen LogP) is 4.45. The van der Waals surface area contributed by atoms with Crippen molar-refractivity contribution in [3.8, 4) is 11.5 Å². The Balaban J connectivity index is 1.48. The van der Waals surface area contributed by atoms with E-state index < -0.39 is 0 Å². The number of carbonyl (C=O) groups excluding carboxylic acids is 1. The van der Waals surface area contributed by atoms with E-state index in [1.165, 1.54) is 5.56 Å². The molecule has 2 amide bonds. The third-order valence-electron chi connectivity index (χ3n) is 6.25. The van der Waals surface area contributed by atoms with E-state index in [2.05, 4.69) is 27.3 Å². The summed E-state index contributed by atoms with van der Waals surface area (Å²) in [7, 11) is 3.29. The van der Waals surface area contributed by atoms with E-state index >= 15 is 0 Å². The Hall–Kier alpha value is -3.81. The Morgan fingerprint density at radius 2 is 1.71 bits per heavy atom. The van der Waals surface area contributed by atoms with Crippen molar-refractivity contribution in [2.24, 2.45) is 0 Å². The number of ether oxygens (including phenoxy) is 2. The Kier molecular flexibility index (Phi) is 7.70. The number of hydrogen-bond donors (Lipinski definition) is 1. The van der Waals surface area contributed by atoms with E-state index in [1.54, 1.807) is 14.2 Å². The van der Waals surface area contributed by atoms with Crippen molar-refractivity contribution in [3.63, 3.8) is 0 Å². The van der Waals surface area contributed by atoms with Crippen LogP contribution in [-0.2, 0) is 6.42 Å². The summed E-state index contributed by atoms with van der Waals surface area (Å²) in [6.45, 7) is 6.80. The van der Waals surface area contributed by atoms with Crippen molar-refractivity contribution in [2.75, 3.05) is 50.6 Å². The van der Waals surface area contributed by atoms with Crippen molar-refractivity contribution in [1.82, 2.24) is 14.9 Å². The second-order valence-electron chi connectivity index (χ2n) is 8.67. The SMILES string of the molecule is COc1ccc(Cc2c(C)nc(C)nc2N2CCCN(C(=O)Nc3cccc(OC)c3)CC2)cc1. The molecule has 8 heteroatoms. The second-order valence-corrected chi connectivity index (χ2v) is 8.67. The van der Waals surface area contributed by atoms with E-state index in [9.17, 15) is 4.79 Å². The van der Waals surface area contributed by atoms with Gasteiger partial charge in [0.1, 0.15) is 23.1 Å². The summed E-state index contributed by atoms with van der Waals surface area (Å²) in [5, 5.41) is 2.99. The van der Waals surface area contributed by atoms with Crippen molar-refractivity contribution >= 4 is 17.5 Å². The number of aromatic nitrogens is 2. The van der Waals surface area contributed by atoms with Gasteiger partial charge in [-0.15, -0.1) is 0 Å². The Morgan fingerprint density at radius 1 is 0.943 bits per heavy atom. The molecule has 8 nitrogen and oxygen atoms in total. The molecule has 1 aliphatic heterocycles. The number of carbonyl (C=O) groups is 1. The topological polar surface area (TPSA) is 79.8 Å². The summed E-state index contributed by atoms with van der Waals surface area (Å²) < 4.78 is 10.6. The highest BCUT2D eigenvalue weighted by Gasteiger charge is 2.23. The molecule has 0 unspecified atom stereocenters. The molecule has 35 heavy (non-hydrogen) atoms. The van der Waals surface area contributed by atoms with Gasteiger partial charge in [0.25, 0.3) is 0 Å². The lowest BCUT2D eigenvalue weighted by molar-refractivity contribution is 0.215. The molecule has 184 valence electrons. The number of urea groups is 1. The van der Waals surface area contributed by atoms with Gasteiger partial charge in [-0.3, -0.25) is 0 Å². The predicted molar refractivity (Wildman–Crippen MR) is 138 cm³/mol. The number of benzene rings is 2. The van der Waals surface area contributed by atoms with Crippen LogP contribution in [0.25, 0.3) is 0 Å². The number of rotatable bonds is 6. The largest absolute Gasteiger partial charge is 0.497 e. The first-order valence-electron chi connectivity index (χ1n) is 11.9. The maximum Gasteiger partial charge on any atom is 0.321 e. The zero-order valence-electron chi connectivity index (χ0n) is 20.9. The fourth-order valence-electron chi connectivity index (χ4n) is 4.37. The van der Waals surface area contributed by atoms with Crippen molar-refractivity contribution in [3.05, 3.63) is 71.2 Å². The molecule has 1 fully saturated rings. The number of amides is 2. The molecular formula is C27H33N5O3. The maximum atomic E-state index is 13.0.